The first-order valence-electron chi connectivity index (χ1n) is 7.44. The minimum Gasteiger partial charge on any atom is -0.369 e. The van der Waals surface area contributed by atoms with Gasteiger partial charge in [0.2, 0.25) is 0 Å². The molecule has 0 radical (unpaired) electrons. The lowest BCUT2D eigenvalue weighted by atomic mass is 10.1. The Kier molecular flexibility index (Phi) is 5.82. The van der Waals surface area contributed by atoms with E-state index < -0.39 is 10.3 Å². The Bertz CT molecular complexity index is 977. The van der Waals surface area contributed by atoms with Gasteiger partial charge in [-0.3, -0.25) is 0 Å². The Morgan fingerprint density at radius 2 is 1.88 bits per heavy atom. The predicted molar refractivity (Wildman–Crippen MR) is 100 cm³/mol. The Balaban J connectivity index is 1.59. The molecule has 0 aliphatic rings. The maximum atomic E-state index is 11.0. The van der Waals surface area contributed by atoms with Crippen LogP contribution in [0, 0.1) is 0 Å². The van der Waals surface area contributed by atoms with E-state index in [0.29, 0.717) is 6.54 Å². The molecule has 7 nitrogen and oxygen atoms in total. The first-order chi connectivity index (χ1) is 12.4. The number of benzene rings is 2. The number of hydrogen-bond acceptors (Lipinski definition) is 6. The van der Waals surface area contributed by atoms with Gasteiger partial charge in [-0.25, -0.2) is 9.67 Å². The molecule has 1 aromatic heterocycles. The summed E-state index contributed by atoms with van der Waals surface area (Å²) < 4.78 is 28.3. The minimum absolute atomic E-state index is 0.0102. The fraction of sp³-hybridized carbons (Fsp3) is 0.125. The second-order valence-electron chi connectivity index (χ2n) is 5.37. The molecule has 3 rings (SSSR count). The molecule has 3 aromatic rings. The molecule has 0 unspecified atom stereocenters. The van der Waals surface area contributed by atoms with Crippen molar-refractivity contribution in [1.82, 2.24) is 14.8 Å². The van der Waals surface area contributed by atoms with E-state index in [0.717, 1.165) is 21.8 Å². The van der Waals surface area contributed by atoms with Gasteiger partial charge in [-0.1, -0.05) is 35.9 Å². The van der Waals surface area contributed by atoms with Gasteiger partial charge < -0.3 is 4.18 Å². The molecule has 0 atom stereocenters. The molecule has 0 spiro atoms. The summed E-state index contributed by atoms with van der Waals surface area (Å²) in [4.78, 5) is 4.81. The van der Waals surface area contributed by atoms with Crippen LogP contribution in [0.4, 0.5) is 0 Å². The molecule has 0 aliphatic carbocycles. The zero-order chi connectivity index (χ0) is 18.6. The molecule has 0 aliphatic heterocycles. The zero-order valence-electron chi connectivity index (χ0n) is 13.4. The molecule has 0 bridgehead atoms. The summed E-state index contributed by atoms with van der Waals surface area (Å²) >= 11 is 7.61. The number of nitrogens with zero attached hydrogens (tertiary/aromatic N) is 3. The van der Waals surface area contributed by atoms with Gasteiger partial charge in [0.1, 0.15) is 12.7 Å². The van der Waals surface area contributed by atoms with Crippen molar-refractivity contribution in [2.45, 2.75) is 17.2 Å². The van der Waals surface area contributed by atoms with E-state index in [4.69, 9.17) is 16.7 Å². The molecule has 0 saturated carbocycles. The van der Waals surface area contributed by atoms with Gasteiger partial charge in [-0.2, -0.15) is 18.7 Å². The second kappa shape index (κ2) is 8.09. The highest BCUT2D eigenvalue weighted by Gasteiger charge is 2.10. The Morgan fingerprint density at radius 1 is 1.15 bits per heavy atom. The van der Waals surface area contributed by atoms with Gasteiger partial charge >= 0.3 is 10.3 Å². The van der Waals surface area contributed by atoms with Crippen molar-refractivity contribution < 1.29 is 12.6 Å². The average Bonchev–Trinajstić information content (AvgIpc) is 3.08. The standard InChI is InChI=1S/C16H15ClN4O3S2/c17-15-7-14(5-6-16(15)24-26(18,22)23)25-9-13-3-1-12(2-4-13)8-21-11-19-10-20-21/h1-7,10-11H,8-9H2,(H2,18,22,23). The van der Waals surface area contributed by atoms with E-state index in [2.05, 4.69) is 26.4 Å². The maximum absolute atomic E-state index is 11.0. The third kappa shape index (κ3) is 5.46. The Morgan fingerprint density at radius 3 is 2.50 bits per heavy atom. The van der Waals surface area contributed by atoms with E-state index in [1.54, 1.807) is 34.9 Å². The van der Waals surface area contributed by atoms with Crippen molar-refractivity contribution in [3.05, 3.63) is 71.3 Å². The summed E-state index contributed by atoms with van der Waals surface area (Å²) in [6.45, 7) is 0.675. The quantitative estimate of drug-likeness (QED) is 0.601. The fourth-order valence-electron chi connectivity index (χ4n) is 2.17. The number of aromatic nitrogens is 3. The summed E-state index contributed by atoms with van der Waals surface area (Å²) in [5.41, 5.74) is 2.29. The van der Waals surface area contributed by atoms with Crippen LogP contribution in [-0.2, 0) is 22.6 Å². The predicted octanol–water partition coefficient (Wildman–Crippen LogP) is 2.85. The Hall–Kier alpha value is -2.07. The van der Waals surface area contributed by atoms with Gasteiger partial charge in [0, 0.05) is 10.6 Å². The van der Waals surface area contributed by atoms with Crippen LogP contribution in [0.1, 0.15) is 11.1 Å². The van der Waals surface area contributed by atoms with Crippen LogP contribution in [0.3, 0.4) is 0 Å². The highest BCUT2D eigenvalue weighted by atomic mass is 35.5. The second-order valence-corrected chi connectivity index (χ2v) is 7.97. The van der Waals surface area contributed by atoms with Gasteiger partial charge in [0.05, 0.1) is 11.6 Å². The zero-order valence-corrected chi connectivity index (χ0v) is 15.8. The topological polar surface area (TPSA) is 100 Å². The number of halogens is 1. The maximum Gasteiger partial charge on any atom is 0.380 e. The van der Waals surface area contributed by atoms with Crippen molar-refractivity contribution >= 4 is 33.7 Å². The lowest BCUT2D eigenvalue weighted by Gasteiger charge is -2.08. The number of thioether (sulfide) groups is 1. The van der Waals surface area contributed by atoms with Crippen LogP contribution in [0.2, 0.25) is 5.02 Å². The van der Waals surface area contributed by atoms with Gasteiger partial charge in [-0.05, 0) is 29.3 Å². The molecule has 10 heteroatoms. The SMILES string of the molecule is NS(=O)(=O)Oc1ccc(SCc2ccc(Cn3cncn3)cc2)cc1Cl. The third-order valence-electron chi connectivity index (χ3n) is 3.35. The van der Waals surface area contributed by atoms with Crippen LogP contribution in [0.5, 0.6) is 5.75 Å². The van der Waals surface area contributed by atoms with E-state index >= 15 is 0 Å². The molecular weight excluding hydrogens is 396 g/mol. The van der Waals surface area contributed by atoms with E-state index in [1.807, 2.05) is 12.1 Å². The molecule has 0 fully saturated rings. The van der Waals surface area contributed by atoms with Crippen molar-refractivity contribution in [3.63, 3.8) is 0 Å². The van der Waals surface area contributed by atoms with Crippen LogP contribution >= 0.6 is 23.4 Å². The lowest BCUT2D eigenvalue weighted by Crippen LogP contribution is -2.19. The molecule has 0 saturated heterocycles. The van der Waals surface area contributed by atoms with Gasteiger partial charge in [0.25, 0.3) is 0 Å². The molecule has 26 heavy (non-hydrogen) atoms. The number of hydrogen-bond donors (Lipinski definition) is 1. The molecule has 2 aromatic carbocycles. The van der Waals surface area contributed by atoms with Crippen molar-refractivity contribution in [2.75, 3.05) is 0 Å². The highest BCUT2D eigenvalue weighted by molar-refractivity contribution is 7.98. The average molecular weight is 411 g/mol. The minimum atomic E-state index is -4.09. The molecule has 2 N–H and O–H groups in total. The van der Waals surface area contributed by atoms with Gasteiger partial charge in [-0.15, -0.1) is 11.8 Å². The van der Waals surface area contributed by atoms with Crippen LogP contribution in [0.25, 0.3) is 0 Å². The monoisotopic (exact) mass is 410 g/mol. The molecule has 136 valence electrons. The van der Waals surface area contributed by atoms with Crippen molar-refractivity contribution in [2.24, 2.45) is 5.14 Å². The smallest absolute Gasteiger partial charge is 0.369 e. The third-order valence-corrected chi connectivity index (χ3v) is 5.12. The molecule has 1 heterocycles. The number of nitrogens with two attached hydrogens (primary N) is 1. The first kappa shape index (κ1) is 18.7. The largest absolute Gasteiger partial charge is 0.380 e. The van der Waals surface area contributed by atoms with E-state index in [1.165, 1.54) is 12.4 Å². The van der Waals surface area contributed by atoms with E-state index in [-0.39, 0.29) is 10.8 Å². The Labute approximate surface area is 160 Å². The summed E-state index contributed by atoms with van der Waals surface area (Å²) in [6, 6.07) is 13.1. The lowest BCUT2D eigenvalue weighted by molar-refractivity contribution is 0.487. The molecular formula is C16H15ClN4O3S2. The number of rotatable bonds is 7. The summed E-state index contributed by atoms with van der Waals surface area (Å²) in [6.07, 6.45) is 3.19. The summed E-state index contributed by atoms with van der Waals surface area (Å²) in [7, 11) is -4.09. The van der Waals surface area contributed by atoms with Gasteiger partial charge in [0.15, 0.2) is 5.75 Å². The van der Waals surface area contributed by atoms with Crippen LogP contribution in [-0.4, -0.2) is 23.2 Å². The first-order valence-corrected chi connectivity index (χ1v) is 10.3. The van der Waals surface area contributed by atoms with Crippen molar-refractivity contribution in [3.8, 4) is 5.75 Å². The summed E-state index contributed by atoms with van der Waals surface area (Å²) in [5, 5.41) is 9.11. The van der Waals surface area contributed by atoms with Crippen LogP contribution < -0.4 is 9.32 Å². The van der Waals surface area contributed by atoms with Crippen molar-refractivity contribution in [1.29, 1.82) is 0 Å². The van der Waals surface area contributed by atoms with Crippen LogP contribution in [0.15, 0.2) is 60.0 Å². The highest BCUT2D eigenvalue weighted by Crippen LogP contribution is 2.32. The summed E-state index contributed by atoms with van der Waals surface area (Å²) in [5.74, 6) is 0.756. The molecule has 0 amide bonds. The normalized spacial score (nSPS) is 11.5. The fourth-order valence-corrected chi connectivity index (χ4v) is 3.79. The van der Waals surface area contributed by atoms with E-state index in [9.17, 15) is 8.42 Å².